The van der Waals surface area contributed by atoms with E-state index in [1.165, 1.54) is 19.0 Å². The molecule has 0 fully saturated rings. The van der Waals surface area contributed by atoms with Crippen LogP contribution in [0.3, 0.4) is 0 Å². The maximum Gasteiger partial charge on any atom is 0.418 e. The van der Waals surface area contributed by atoms with Crippen molar-refractivity contribution in [1.82, 2.24) is 0 Å². The molecule has 0 aliphatic rings. The number of benzene rings is 1. The van der Waals surface area contributed by atoms with E-state index in [1.54, 1.807) is 0 Å². The zero-order chi connectivity index (χ0) is 12.5. The van der Waals surface area contributed by atoms with Crippen molar-refractivity contribution in [2.45, 2.75) is 12.3 Å². The van der Waals surface area contributed by atoms with E-state index in [4.69, 9.17) is 5.11 Å². The van der Waals surface area contributed by atoms with Crippen molar-refractivity contribution in [3.05, 3.63) is 29.6 Å². The number of hydrogen-bond acceptors (Lipinski definition) is 2. The lowest BCUT2D eigenvalue weighted by molar-refractivity contribution is -0.206. The number of nitrogens with zero attached hydrogens (tertiary/aromatic N) is 1. The molecule has 6 heteroatoms. The Hall–Kier alpha value is -1.30. The summed E-state index contributed by atoms with van der Waals surface area (Å²) in [7, 11) is 2.95. The number of halogens is 4. The fourth-order valence-electron chi connectivity index (χ4n) is 1.31. The van der Waals surface area contributed by atoms with Crippen LogP contribution in [-0.2, 0) is 0 Å². The molecule has 1 atom stereocenters. The minimum atomic E-state index is -4.76. The molecule has 0 amide bonds. The van der Waals surface area contributed by atoms with Gasteiger partial charge in [0.2, 0.25) is 0 Å². The van der Waals surface area contributed by atoms with E-state index in [2.05, 4.69) is 0 Å². The Labute approximate surface area is 90.1 Å². The molecule has 0 saturated heterocycles. The highest BCUT2D eigenvalue weighted by Gasteiger charge is 2.40. The quantitative estimate of drug-likeness (QED) is 0.799. The van der Waals surface area contributed by atoms with E-state index in [9.17, 15) is 17.6 Å². The normalized spacial score (nSPS) is 13.7. The van der Waals surface area contributed by atoms with Crippen LogP contribution in [0.1, 0.15) is 11.7 Å². The molecule has 0 saturated carbocycles. The van der Waals surface area contributed by atoms with Gasteiger partial charge >= 0.3 is 6.18 Å². The summed E-state index contributed by atoms with van der Waals surface area (Å²) >= 11 is 0. The van der Waals surface area contributed by atoms with Crippen LogP contribution in [-0.4, -0.2) is 25.4 Å². The van der Waals surface area contributed by atoms with Gasteiger partial charge in [-0.1, -0.05) is 6.07 Å². The Morgan fingerprint density at radius 2 is 1.81 bits per heavy atom. The third kappa shape index (κ3) is 2.63. The fourth-order valence-corrected chi connectivity index (χ4v) is 1.31. The average Bonchev–Trinajstić information content (AvgIpc) is 2.15. The molecule has 1 aromatic carbocycles. The molecule has 0 heterocycles. The first-order valence-corrected chi connectivity index (χ1v) is 4.45. The maximum atomic E-state index is 12.9. The van der Waals surface area contributed by atoms with Gasteiger partial charge in [0, 0.05) is 25.3 Å². The first-order chi connectivity index (χ1) is 7.23. The highest BCUT2D eigenvalue weighted by atomic mass is 19.4. The maximum absolute atomic E-state index is 12.9. The van der Waals surface area contributed by atoms with E-state index < -0.39 is 18.1 Å². The third-order valence-corrected chi connectivity index (χ3v) is 2.08. The minimum absolute atomic E-state index is 0.00447. The molecular formula is C10H11F4NO. The van der Waals surface area contributed by atoms with E-state index in [0.717, 1.165) is 18.2 Å². The Morgan fingerprint density at radius 3 is 2.25 bits per heavy atom. The lowest BCUT2D eigenvalue weighted by Crippen LogP contribution is -2.23. The molecule has 16 heavy (non-hydrogen) atoms. The van der Waals surface area contributed by atoms with Crippen molar-refractivity contribution >= 4 is 5.69 Å². The lowest BCUT2D eigenvalue weighted by Gasteiger charge is -2.22. The largest absolute Gasteiger partial charge is 0.418 e. The molecule has 2 nitrogen and oxygen atoms in total. The van der Waals surface area contributed by atoms with Crippen LogP contribution in [0, 0.1) is 5.82 Å². The highest BCUT2D eigenvalue weighted by molar-refractivity contribution is 5.54. The highest BCUT2D eigenvalue weighted by Crippen LogP contribution is 2.37. The van der Waals surface area contributed by atoms with Gasteiger partial charge in [0.25, 0.3) is 0 Å². The van der Waals surface area contributed by atoms with Crippen LogP contribution in [0.5, 0.6) is 0 Å². The van der Waals surface area contributed by atoms with Gasteiger partial charge in [-0.15, -0.1) is 0 Å². The Kier molecular flexibility index (Phi) is 3.42. The number of aliphatic hydroxyl groups excluding tert-OH is 1. The first kappa shape index (κ1) is 12.8. The van der Waals surface area contributed by atoms with Crippen LogP contribution in [0.25, 0.3) is 0 Å². The van der Waals surface area contributed by atoms with Crippen LogP contribution in [0.15, 0.2) is 18.2 Å². The number of rotatable bonds is 2. The summed E-state index contributed by atoms with van der Waals surface area (Å²) in [5.74, 6) is -0.651. The van der Waals surface area contributed by atoms with Crippen LogP contribution >= 0.6 is 0 Å². The zero-order valence-corrected chi connectivity index (χ0v) is 8.72. The molecule has 0 aliphatic heterocycles. The Bertz CT molecular complexity index is 376. The van der Waals surface area contributed by atoms with Crippen molar-refractivity contribution in [1.29, 1.82) is 0 Å². The van der Waals surface area contributed by atoms with Gasteiger partial charge in [0.1, 0.15) is 5.82 Å². The number of hydrogen-bond donors (Lipinski definition) is 1. The monoisotopic (exact) mass is 237 g/mol. The van der Waals surface area contributed by atoms with Crippen molar-refractivity contribution < 1.29 is 22.7 Å². The summed E-state index contributed by atoms with van der Waals surface area (Å²) in [6, 6.07) is 2.77. The van der Waals surface area contributed by atoms with Crippen LogP contribution in [0.4, 0.5) is 23.2 Å². The van der Waals surface area contributed by atoms with Gasteiger partial charge in [-0.3, -0.25) is 0 Å². The summed E-state index contributed by atoms with van der Waals surface area (Å²) in [4.78, 5) is 1.31. The topological polar surface area (TPSA) is 23.5 Å². The SMILES string of the molecule is CN(C)c1cc(F)ccc1C(O)C(F)(F)F. The van der Waals surface area contributed by atoms with Gasteiger partial charge < -0.3 is 10.0 Å². The molecule has 0 spiro atoms. The van der Waals surface area contributed by atoms with Gasteiger partial charge in [0.05, 0.1) is 0 Å². The second-order valence-electron chi connectivity index (χ2n) is 3.54. The molecule has 0 aliphatic carbocycles. The van der Waals surface area contributed by atoms with Crippen LogP contribution in [0.2, 0.25) is 0 Å². The third-order valence-electron chi connectivity index (χ3n) is 2.08. The van der Waals surface area contributed by atoms with Gasteiger partial charge in [0.15, 0.2) is 6.10 Å². The number of alkyl halides is 3. The van der Waals surface area contributed by atoms with Crippen molar-refractivity contribution in [3.8, 4) is 0 Å². The molecule has 1 N–H and O–H groups in total. The summed E-state index contributed by atoms with van der Waals surface area (Å²) in [6.45, 7) is 0. The molecule has 0 radical (unpaired) electrons. The molecule has 90 valence electrons. The molecular weight excluding hydrogens is 226 g/mol. The van der Waals surface area contributed by atoms with E-state index in [1.807, 2.05) is 0 Å². The Morgan fingerprint density at radius 1 is 1.25 bits per heavy atom. The van der Waals surface area contributed by atoms with Gasteiger partial charge in [-0.2, -0.15) is 13.2 Å². The number of anilines is 1. The van der Waals surface area contributed by atoms with E-state index in [0.29, 0.717) is 0 Å². The second kappa shape index (κ2) is 4.29. The molecule has 0 bridgehead atoms. The van der Waals surface area contributed by atoms with Gasteiger partial charge in [-0.25, -0.2) is 4.39 Å². The smallest absolute Gasteiger partial charge is 0.379 e. The van der Waals surface area contributed by atoms with Crippen molar-refractivity contribution in [3.63, 3.8) is 0 Å². The van der Waals surface area contributed by atoms with Crippen LogP contribution < -0.4 is 4.90 Å². The minimum Gasteiger partial charge on any atom is -0.379 e. The van der Waals surface area contributed by atoms with E-state index >= 15 is 0 Å². The number of aliphatic hydroxyl groups is 1. The molecule has 1 aromatic rings. The summed E-state index contributed by atoms with van der Waals surface area (Å²) in [6.07, 6.45) is -7.37. The zero-order valence-electron chi connectivity index (χ0n) is 8.72. The summed E-state index contributed by atoms with van der Waals surface area (Å²) in [5.41, 5.74) is -0.358. The standard InChI is InChI=1S/C10H11F4NO/c1-15(2)8-5-6(11)3-4-7(8)9(16)10(12,13)14/h3-5,9,16H,1-2H3. The summed E-state index contributed by atoms with van der Waals surface area (Å²) in [5, 5.41) is 9.10. The fraction of sp³-hybridized carbons (Fsp3) is 0.400. The molecule has 1 rings (SSSR count). The predicted octanol–water partition coefficient (Wildman–Crippen LogP) is 2.49. The first-order valence-electron chi connectivity index (χ1n) is 4.45. The van der Waals surface area contributed by atoms with E-state index in [-0.39, 0.29) is 11.3 Å². The summed E-state index contributed by atoms with van der Waals surface area (Å²) < 4.78 is 49.8. The lowest BCUT2D eigenvalue weighted by atomic mass is 10.1. The Balaban J connectivity index is 3.23. The van der Waals surface area contributed by atoms with Crippen molar-refractivity contribution in [2.24, 2.45) is 0 Å². The van der Waals surface area contributed by atoms with Gasteiger partial charge in [-0.05, 0) is 12.1 Å². The second-order valence-corrected chi connectivity index (χ2v) is 3.54. The predicted molar refractivity (Wildman–Crippen MR) is 51.7 cm³/mol. The van der Waals surface area contributed by atoms with Crippen molar-refractivity contribution in [2.75, 3.05) is 19.0 Å². The molecule has 1 unspecified atom stereocenters. The molecule has 0 aromatic heterocycles. The average molecular weight is 237 g/mol.